The van der Waals surface area contributed by atoms with Crippen molar-refractivity contribution in [2.75, 3.05) is 23.7 Å². The Labute approximate surface area is 327 Å². The molecule has 4 atom stereocenters. The molecular weight excluding hydrogens is 790 g/mol. The van der Waals surface area contributed by atoms with Gasteiger partial charge >= 0.3 is 24.3 Å². The van der Waals surface area contributed by atoms with Crippen molar-refractivity contribution in [1.82, 2.24) is 10.6 Å². The molecular formula is C36H44F6N6O10. The molecule has 58 heavy (non-hydrogen) atoms. The van der Waals surface area contributed by atoms with Gasteiger partial charge in [-0.05, 0) is 48.2 Å². The fourth-order valence-electron chi connectivity index (χ4n) is 4.61. The highest BCUT2D eigenvalue weighted by Gasteiger charge is 2.39. The van der Waals surface area contributed by atoms with E-state index in [2.05, 4.69) is 21.3 Å². The monoisotopic (exact) mass is 834 g/mol. The van der Waals surface area contributed by atoms with Crippen LogP contribution in [0.1, 0.15) is 85.2 Å². The number of fused-ring (bicyclic) bond motifs is 2. The lowest BCUT2D eigenvalue weighted by molar-refractivity contribution is -0.193. The molecule has 22 heteroatoms. The summed E-state index contributed by atoms with van der Waals surface area (Å²) in [6.45, 7) is 7.85. The van der Waals surface area contributed by atoms with Gasteiger partial charge in [0.05, 0.1) is 12.1 Å². The number of hydrogen-bond donors (Lipinski definition) is 8. The number of alkyl halides is 6. The second-order valence-electron chi connectivity index (χ2n) is 12.8. The average molecular weight is 835 g/mol. The third kappa shape index (κ3) is 15.6. The number of carbonyl (C=O) groups is 8. The Kier molecular flexibility index (Phi) is 19.1. The number of carbonyl (C=O) groups excluding carboxylic acids is 6. The summed E-state index contributed by atoms with van der Waals surface area (Å²) in [6.07, 6.45) is -8.65. The van der Waals surface area contributed by atoms with Crippen LogP contribution >= 0.6 is 0 Å². The molecule has 0 saturated carbocycles. The highest BCUT2D eigenvalue weighted by Crippen LogP contribution is 2.31. The van der Waals surface area contributed by atoms with E-state index in [1.165, 1.54) is 36.4 Å². The summed E-state index contributed by atoms with van der Waals surface area (Å²) < 4.78 is 63.5. The summed E-state index contributed by atoms with van der Waals surface area (Å²) in [4.78, 5) is 93.5. The van der Waals surface area contributed by atoms with E-state index in [0.29, 0.717) is 11.4 Å². The molecule has 4 amide bonds. The lowest BCUT2D eigenvalue weighted by Crippen LogP contribution is -2.45. The van der Waals surface area contributed by atoms with Crippen molar-refractivity contribution in [2.24, 2.45) is 23.3 Å². The Morgan fingerprint density at radius 3 is 1.16 bits per heavy atom. The first-order chi connectivity index (χ1) is 26.8. The molecule has 2 aromatic carbocycles. The number of nitrogens with one attached hydrogen (secondary N) is 4. The summed E-state index contributed by atoms with van der Waals surface area (Å²) in [5.41, 5.74) is 13.1. The van der Waals surface area contributed by atoms with Crippen molar-refractivity contribution in [3.8, 4) is 0 Å². The van der Waals surface area contributed by atoms with Crippen LogP contribution in [0.4, 0.5) is 37.7 Å². The highest BCUT2D eigenvalue weighted by atomic mass is 19.4. The number of rotatable bonds is 14. The van der Waals surface area contributed by atoms with Crippen molar-refractivity contribution in [3.05, 3.63) is 58.7 Å². The standard InChI is InChI=1S/C32H42N6O6.2C2HF3O2/c1-5-17(3)27(33)31(43)35-13-11-25(39)37-19-7-9-21-23(15-19)29(41)22-10-8-20(16-24(22)30(21)42)38-26(40)12-14-36-32(44)28(34)18(4)6-2;2*3-2(4,5)1(6)7/h7-10,15-18,27-28H,5-6,11-14,33-34H2,1-4H3,(H,35,43)(H,36,44)(H,37,39)(H,38,40);2*(H,6,7)/t17-,18-,27-,28-;;/m0../s1. The zero-order valence-corrected chi connectivity index (χ0v) is 31.6. The lowest BCUT2D eigenvalue weighted by atomic mass is 9.83. The van der Waals surface area contributed by atoms with Gasteiger partial charge in [0.1, 0.15) is 0 Å². The molecule has 16 nitrogen and oxygen atoms in total. The van der Waals surface area contributed by atoms with Crippen LogP contribution in [0.5, 0.6) is 0 Å². The SMILES string of the molecule is CC[C@H](C)[C@H](N)C(=O)NCCC(=O)Nc1ccc2c(c1)C(=O)c1ccc(NC(=O)CCNC(=O)[C@@H](N)[C@@H](C)CC)cc1C2=O.O=C(O)C(F)(F)F.O=C(O)C(F)(F)F. The van der Waals surface area contributed by atoms with Crippen molar-refractivity contribution in [1.29, 1.82) is 0 Å². The lowest BCUT2D eigenvalue weighted by Gasteiger charge is -2.20. The maximum atomic E-state index is 13.3. The molecule has 0 heterocycles. The van der Waals surface area contributed by atoms with E-state index in [0.717, 1.165) is 12.8 Å². The van der Waals surface area contributed by atoms with Crippen LogP contribution in [-0.2, 0) is 28.8 Å². The van der Waals surface area contributed by atoms with Crippen LogP contribution in [0.2, 0.25) is 0 Å². The van der Waals surface area contributed by atoms with Gasteiger partial charge in [0.15, 0.2) is 11.6 Å². The molecule has 1 aliphatic rings. The molecule has 0 aliphatic heterocycles. The molecule has 0 aromatic heterocycles. The number of aliphatic carboxylic acids is 2. The number of ketones is 2. The van der Waals surface area contributed by atoms with E-state index in [1.807, 2.05) is 27.7 Å². The van der Waals surface area contributed by atoms with Crippen molar-refractivity contribution in [3.63, 3.8) is 0 Å². The van der Waals surface area contributed by atoms with Crippen molar-refractivity contribution in [2.45, 2.75) is 77.8 Å². The topological polar surface area (TPSA) is 277 Å². The van der Waals surface area contributed by atoms with Crippen molar-refractivity contribution < 1.29 is 74.9 Å². The van der Waals surface area contributed by atoms with Crippen LogP contribution in [-0.4, -0.2) is 94.9 Å². The third-order valence-corrected chi connectivity index (χ3v) is 8.49. The molecule has 0 unspecified atom stereocenters. The molecule has 1 aliphatic carbocycles. The van der Waals surface area contributed by atoms with Gasteiger partial charge in [-0.2, -0.15) is 26.3 Å². The van der Waals surface area contributed by atoms with E-state index in [9.17, 15) is 55.1 Å². The van der Waals surface area contributed by atoms with Crippen LogP contribution < -0.4 is 32.7 Å². The summed E-state index contributed by atoms with van der Waals surface area (Å²) >= 11 is 0. The number of nitrogens with two attached hydrogens (primary N) is 2. The Hall–Kier alpha value is -5.90. The number of halogens is 6. The summed E-state index contributed by atoms with van der Waals surface area (Å²) in [6, 6.07) is 7.59. The van der Waals surface area contributed by atoms with E-state index < -0.39 is 47.9 Å². The van der Waals surface area contributed by atoms with Crippen molar-refractivity contribution >= 4 is 58.5 Å². The molecule has 2 aromatic rings. The normalized spacial score (nSPS) is 13.9. The van der Waals surface area contributed by atoms with Crippen LogP contribution in [0.3, 0.4) is 0 Å². The van der Waals surface area contributed by atoms with Gasteiger partial charge in [-0.3, -0.25) is 28.8 Å². The fourth-order valence-corrected chi connectivity index (χ4v) is 4.61. The minimum absolute atomic E-state index is 0.00176. The number of amides is 4. The second kappa shape index (κ2) is 22.1. The molecule has 0 spiro atoms. The quantitative estimate of drug-likeness (QED) is 0.109. The zero-order chi connectivity index (χ0) is 44.7. The molecule has 0 saturated heterocycles. The number of hydrogen-bond acceptors (Lipinski definition) is 10. The Morgan fingerprint density at radius 2 is 0.897 bits per heavy atom. The maximum absolute atomic E-state index is 13.3. The molecule has 3 rings (SSSR count). The predicted octanol–water partition coefficient (Wildman–Crippen LogP) is 3.37. The summed E-state index contributed by atoms with van der Waals surface area (Å²) in [7, 11) is 0. The van der Waals surface area contributed by atoms with E-state index in [4.69, 9.17) is 31.3 Å². The third-order valence-electron chi connectivity index (χ3n) is 8.49. The van der Waals surface area contributed by atoms with Gasteiger partial charge < -0.3 is 42.9 Å². The minimum atomic E-state index is -5.08. The van der Waals surface area contributed by atoms with E-state index >= 15 is 0 Å². The van der Waals surface area contributed by atoms with Crippen LogP contribution in [0, 0.1) is 11.8 Å². The largest absolute Gasteiger partial charge is 0.490 e. The molecule has 320 valence electrons. The molecule has 0 radical (unpaired) electrons. The molecule has 10 N–H and O–H groups in total. The van der Waals surface area contributed by atoms with Crippen LogP contribution in [0.25, 0.3) is 0 Å². The maximum Gasteiger partial charge on any atom is 0.490 e. The van der Waals surface area contributed by atoms with Crippen LogP contribution in [0.15, 0.2) is 36.4 Å². The van der Waals surface area contributed by atoms with E-state index in [-0.39, 0.29) is 83.6 Å². The average Bonchev–Trinajstić information content (AvgIpc) is 3.15. The summed E-state index contributed by atoms with van der Waals surface area (Å²) in [5.74, 6) is -7.67. The molecule has 0 fully saturated rings. The first-order valence-electron chi connectivity index (χ1n) is 17.4. The number of carboxylic acids is 2. The second-order valence-corrected chi connectivity index (χ2v) is 12.8. The first kappa shape index (κ1) is 50.1. The minimum Gasteiger partial charge on any atom is -0.475 e. The molecule has 0 bridgehead atoms. The number of carboxylic acid groups (broad SMARTS) is 2. The Morgan fingerprint density at radius 1 is 0.603 bits per heavy atom. The Balaban J connectivity index is 0.00000102. The summed E-state index contributed by atoms with van der Waals surface area (Å²) in [5, 5.41) is 24.9. The van der Waals surface area contributed by atoms with E-state index in [1.54, 1.807) is 0 Å². The van der Waals surface area contributed by atoms with Gasteiger partial charge in [0, 0.05) is 59.6 Å². The smallest absolute Gasteiger partial charge is 0.475 e. The highest BCUT2D eigenvalue weighted by molar-refractivity contribution is 6.29. The number of anilines is 2. The van der Waals surface area contributed by atoms with Gasteiger partial charge in [0.2, 0.25) is 23.6 Å². The fraction of sp³-hybridized carbons (Fsp3) is 0.444. The van der Waals surface area contributed by atoms with Gasteiger partial charge in [-0.1, -0.05) is 40.5 Å². The predicted molar refractivity (Wildman–Crippen MR) is 195 cm³/mol. The van der Waals surface area contributed by atoms with Gasteiger partial charge in [0.25, 0.3) is 0 Å². The first-order valence-corrected chi connectivity index (χ1v) is 17.4. The number of benzene rings is 2. The van der Waals surface area contributed by atoms with Gasteiger partial charge in [-0.15, -0.1) is 0 Å². The zero-order valence-electron chi connectivity index (χ0n) is 31.6. The van der Waals surface area contributed by atoms with Gasteiger partial charge in [-0.25, -0.2) is 9.59 Å². The Bertz CT molecular complexity index is 1720.